The summed E-state index contributed by atoms with van der Waals surface area (Å²) < 4.78 is 3.00. The number of nitrogens with zero attached hydrogens (tertiary/aromatic N) is 3. The van der Waals surface area contributed by atoms with Crippen LogP contribution in [0.25, 0.3) is 0 Å². The van der Waals surface area contributed by atoms with Gasteiger partial charge in [0.25, 0.3) is 0 Å². The number of hydrogen-bond acceptors (Lipinski definition) is 6. The highest BCUT2D eigenvalue weighted by Crippen LogP contribution is 2.10. The predicted molar refractivity (Wildman–Crippen MR) is 111 cm³/mol. The van der Waals surface area contributed by atoms with E-state index < -0.39 is 34.6 Å². The van der Waals surface area contributed by atoms with E-state index in [9.17, 15) is 29.7 Å². The highest BCUT2D eigenvalue weighted by atomic mass is 16.4. The van der Waals surface area contributed by atoms with Crippen molar-refractivity contribution in [1.29, 1.82) is 0 Å². The molecule has 0 atom stereocenters. The lowest BCUT2D eigenvalue weighted by Crippen LogP contribution is -2.31. The van der Waals surface area contributed by atoms with E-state index in [0.717, 1.165) is 25.6 Å². The lowest BCUT2D eigenvalue weighted by atomic mass is 10.0. The number of aromatic carboxylic acids is 3. The molecule has 0 amide bonds. The summed E-state index contributed by atoms with van der Waals surface area (Å²) >= 11 is 0. The Labute approximate surface area is 181 Å². The predicted octanol–water partition coefficient (Wildman–Crippen LogP) is -2.26. The molecule has 9 heteroatoms. The van der Waals surface area contributed by atoms with Crippen LogP contribution in [-0.2, 0) is 0 Å². The van der Waals surface area contributed by atoms with E-state index >= 15 is 0 Å². The molecule has 1 aromatic rings. The number of carboxylic acid groups (broad SMARTS) is 3. The van der Waals surface area contributed by atoms with Gasteiger partial charge < -0.3 is 43.2 Å². The first-order valence-corrected chi connectivity index (χ1v) is 9.08. The van der Waals surface area contributed by atoms with Gasteiger partial charge in [-0.25, -0.2) is 0 Å². The Morgan fingerprint density at radius 3 is 1.00 bits per heavy atom. The topological polar surface area (TPSA) is 120 Å². The van der Waals surface area contributed by atoms with E-state index in [4.69, 9.17) is 0 Å². The summed E-state index contributed by atoms with van der Waals surface area (Å²) in [5, 5.41) is 31.3. The molecule has 0 saturated heterocycles. The van der Waals surface area contributed by atoms with Crippen molar-refractivity contribution in [3.05, 3.63) is 34.9 Å². The molecule has 1 rings (SSSR count). The molecule has 0 saturated carbocycles. The SMILES string of the molecule is C[N+](C)(C)C.C[N+](C)(C)C.C[N+](C)(C)C.O=C([O-])c1ccc(C(=O)[O-])c(C(=O)[O-])c1. The largest absolute Gasteiger partial charge is 0.545 e. The molecule has 9 nitrogen and oxygen atoms in total. The van der Waals surface area contributed by atoms with E-state index in [-0.39, 0.29) is 0 Å². The second kappa shape index (κ2) is 12.9. The molecular weight excluding hydrogens is 390 g/mol. The lowest BCUT2D eigenvalue weighted by molar-refractivity contribution is -0.849. The summed E-state index contributed by atoms with van der Waals surface area (Å²) in [7, 11) is 25.5. The Morgan fingerprint density at radius 1 is 0.533 bits per heavy atom. The second-order valence-corrected chi connectivity index (χ2v) is 10.7. The highest BCUT2D eigenvalue weighted by molar-refractivity contribution is 6.02. The monoisotopic (exact) mass is 429 g/mol. The first kappa shape index (κ1) is 32.2. The molecule has 0 aliphatic carbocycles. The number of benzene rings is 1. The zero-order valence-corrected chi connectivity index (χ0v) is 20.5. The smallest absolute Gasteiger partial charge is 0.0722 e. The van der Waals surface area contributed by atoms with Gasteiger partial charge in [0.05, 0.1) is 102 Å². The Morgan fingerprint density at radius 2 is 0.800 bits per heavy atom. The fraction of sp³-hybridized carbons (Fsp3) is 0.571. The summed E-state index contributed by atoms with van der Waals surface area (Å²) in [5.74, 6) is -5.13. The normalized spacial score (nSPS) is 10.8. The van der Waals surface area contributed by atoms with Crippen molar-refractivity contribution in [2.45, 2.75) is 0 Å². The van der Waals surface area contributed by atoms with Gasteiger partial charge in [-0.15, -0.1) is 0 Å². The number of rotatable bonds is 3. The molecule has 0 aromatic heterocycles. The van der Waals surface area contributed by atoms with Gasteiger partial charge in [-0.1, -0.05) is 12.1 Å². The minimum Gasteiger partial charge on any atom is -0.545 e. The first-order chi connectivity index (χ1) is 12.9. The van der Waals surface area contributed by atoms with Crippen molar-refractivity contribution >= 4 is 17.9 Å². The van der Waals surface area contributed by atoms with Gasteiger partial charge in [0.15, 0.2) is 0 Å². The van der Waals surface area contributed by atoms with E-state index in [1.54, 1.807) is 0 Å². The molecule has 0 fully saturated rings. The first-order valence-electron chi connectivity index (χ1n) is 9.08. The molecule has 0 heterocycles. The molecule has 0 spiro atoms. The van der Waals surface area contributed by atoms with E-state index in [1.165, 1.54) is 0 Å². The standard InChI is InChI=1S/C9H6O6.3C4H12N/c10-7(11)4-1-2-5(8(12)13)6(3-4)9(14)15;3*1-5(2,3)4/h1-3H,(H,10,11)(H,12,13)(H,14,15);3*1-4H3/q;3*+1/p-3. The Hall–Kier alpha value is -2.49. The maximum Gasteiger partial charge on any atom is 0.0722 e. The van der Waals surface area contributed by atoms with Crippen molar-refractivity contribution in [2.75, 3.05) is 84.6 Å². The molecule has 0 unspecified atom stereocenters. The van der Waals surface area contributed by atoms with Gasteiger partial charge >= 0.3 is 0 Å². The third kappa shape index (κ3) is 30.2. The quantitative estimate of drug-likeness (QED) is 0.500. The van der Waals surface area contributed by atoms with Gasteiger partial charge in [0, 0.05) is 11.1 Å². The second-order valence-electron chi connectivity index (χ2n) is 10.7. The fourth-order valence-electron chi connectivity index (χ4n) is 1.02. The molecule has 0 N–H and O–H groups in total. The van der Waals surface area contributed by atoms with Crippen LogP contribution in [-0.4, -0.2) is 116 Å². The van der Waals surface area contributed by atoms with Crippen LogP contribution >= 0.6 is 0 Å². The fourth-order valence-corrected chi connectivity index (χ4v) is 1.02. The molecule has 0 aliphatic rings. The van der Waals surface area contributed by atoms with Crippen LogP contribution < -0.4 is 15.3 Å². The van der Waals surface area contributed by atoms with Gasteiger partial charge in [-0.2, -0.15) is 0 Å². The Balaban J connectivity index is -0.000000400. The van der Waals surface area contributed by atoms with Crippen LogP contribution in [0.3, 0.4) is 0 Å². The Kier molecular flexibility index (Phi) is 13.9. The number of carbonyl (C=O) groups is 3. The van der Waals surface area contributed by atoms with Gasteiger partial charge in [0.1, 0.15) is 0 Å². The lowest BCUT2D eigenvalue weighted by Gasteiger charge is -2.14. The molecule has 30 heavy (non-hydrogen) atoms. The van der Waals surface area contributed by atoms with Crippen molar-refractivity contribution in [3.63, 3.8) is 0 Å². The van der Waals surface area contributed by atoms with E-state index in [0.29, 0.717) is 6.07 Å². The van der Waals surface area contributed by atoms with Crippen LogP contribution in [0.1, 0.15) is 31.1 Å². The Bertz CT molecular complexity index is 650. The molecule has 174 valence electrons. The molecule has 0 radical (unpaired) electrons. The van der Waals surface area contributed by atoms with Gasteiger partial charge in [-0.05, 0) is 11.6 Å². The molecule has 1 aromatic carbocycles. The summed E-state index contributed by atoms with van der Waals surface area (Å²) in [5.41, 5.74) is -1.84. The number of carbonyl (C=O) groups excluding carboxylic acids is 3. The molecular formula is C21H39N3O6. The van der Waals surface area contributed by atoms with E-state index in [2.05, 4.69) is 84.6 Å². The minimum atomic E-state index is -1.79. The zero-order valence-electron chi connectivity index (χ0n) is 20.5. The summed E-state index contributed by atoms with van der Waals surface area (Å²) in [6.07, 6.45) is 0. The molecule has 0 aliphatic heterocycles. The zero-order chi connectivity index (χ0) is 25.1. The van der Waals surface area contributed by atoms with Crippen LogP contribution in [0.15, 0.2) is 18.2 Å². The minimum absolute atomic E-state index is 0.445. The van der Waals surface area contributed by atoms with Crippen molar-refractivity contribution in [3.8, 4) is 0 Å². The maximum absolute atomic E-state index is 10.5. The summed E-state index contributed by atoms with van der Waals surface area (Å²) in [6.45, 7) is 0. The van der Waals surface area contributed by atoms with Crippen LogP contribution in [0, 0.1) is 0 Å². The third-order valence-corrected chi connectivity index (χ3v) is 1.70. The maximum atomic E-state index is 10.5. The average Bonchev–Trinajstić information content (AvgIpc) is 2.40. The van der Waals surface area contributed by atoms with Crippen molar-refractivity contribution in [2.24, 2.45) is 0 Å². The summed E-state index contributed by atoms with van der Waals surface area (Å²) in [4.78, 5) is 31.3. The van der Waals surface area contributed by atoms with Crippen LogP contribution in [0.4, 0.5) is 0 Å². The van der Waals surface area contributed by atoms with Gasteiger partial charge in [-0.3, -0.25) is 0 Å². The van der Waals surface area contributed by atoms with Gasteiger partial charge in [0.2, 0.25) is 0 Å². The average molecular weight is 430 g/mol. The third-order valence-electron chi connectivity index (χ3n) is 1.70. The number of carboxylic acids is 3. The number of quaternary nitrogens is 3. The van der Waals surface area contributed by atoms with Crippen LogP contribution in [0.5, 0.6) is 0 Å². The molecule has 0 bridgehead atoms. The van der Waals surface area contributed by atoms with E-state index in [1.807, 2.05) is 0 Å². The number of hydrogen-bond donors (Lipinski definition) is 0. The van der Waals surface area contributed by atoms with Crippen LogP contribution in [0.2, 0.25) is 0 Å². The van der Waals surface area contributed by atoms with Crippen molar-refractivity contribution < 1.29 is 43.2 Å². The summed E-state index contributed by atoms with van der Waals surface area (Å²) in [6, 6.07) is 2.37. The highest BCUT2D eigenvalue weighted by Gasteiger charge is 2.06. The van der Waals surface area contributed by atoms with Crippen molar-refractivity contribution in [1.82, 2.24) is 0 Å².